The summed E-state index contributed by atoms with van der Waals surface area (Å²) >= 11 is 0. The number of benzene rings is 2. The van der Waals surface area contributed by atoms with Gasteiger partial charge in [0.25, 0.3) is 5.91 Å². The summed E-state index contributed by atoms with van der Waals surface area (Å²) in [5, 5.41) is 7.46. The third-order valence-electron chi connectivity index (χ3n) is 5.31. The van der Waals surface area contributed by atoms with E-state index in [0.29, 0.717) is 28.4 Å². The fourth-order valence-electron chi connectivity index (χ4n) is 3.65. The second-order valence-electron chi connectivity index (χ2n) is 8.08. The molecule has 1 N–H and O–H groups in total. The van der Waals surface area contributed by atoms with E-state index >= 15 is 0 Å². The van der Waals surface area contributed by atoms with Crippen molar-refractivity contribution in [3.8, 4) is 11.4 Å². The van der Waals surface area contributed by atoms with Crippen LogP contribution in [0.4, 0.5) is 5.82 Å². The summed E-state index contributed by atoms with van der Waals surface area (Å²) in [6.07, 6.45) is 0.0381. The molecule has 1 aliphatic heterocycles. The fraction of sp³-hybridized carbons (Fsp3) is 0.304. The van der Waals surface area contributed by atoms with Crippen molar-refractivity contribution in [1.82, 2.24) is 9.78 Å². The molecular weight excluding hydrogens is 414 g/mol. The van der Waals surface area contributed by atoms with Gasteiger partial charge in [0.2, 0.25) is 0 Å². The number of sulfone groups is 1. The summed E-state index contributed by atoms with van der Waals surface area (Å²) < 4.78 is 31.6. The number of aryl methyl sites for hydroxylation is 1. The largest absolute Gasteiger partial charge is 0.491 e. The van der Waals surface area contributed by atoms with Gasteiger partial charge in [0.15, 0.2) is 9.84 Å². The number of carbonyl (C=O) groups excluding carboxylic acids is 1. The minimum atomic E-state index is -3.26. The van der Waals surface area contributed by atoms with E-state index in [0.717, 1.165) is 16.8 Å². The molecule has 0 atom stereocenters. The maximum absolute atomic E-state index is 13.0. The van der Waals surface area contributed by atoms with Crippen molar-refractivity contribution in [2.75, 3.05) is 5.32 Å². The van der Waals surface area contributed by atoms with Gasteiger partial charge in [0, 0.05) is 11.1 Å². The molecule has 3 aromatic rings. The SMILES string of the molecule is Cc1cccc(-n2nc3c(c2NC(=O)c2ccc(OC(C)C)cc2)CS(=O)(=O)C3)c1C. The number of fused-ring (bicyclic) bond motifs is 1. The maximum Gasteiger partial charge on any atom is 0.256 e. The number of rotatable bonds is 5. The summed E-state index contributed by atoms with van der Waals surface area (Å²) in [6.45, 7) is 7.85. The lowest BCUT2D eigenvalue weighted by molar-refractivity contribution is 0.102. The van der Waals surface area contributed by atoms with Crippen LogP contribution in [0.25, 0.3) is 5.69 Å². The van der Waals surface area contributed by atoms with Crippen molar-refractivity contribution < 1.29 is 17.9 Å². The zero-order chi connectivity index (χ0) is 22.3. The number of anilines is 1. The van der Waals surface area contributed by atoms with Gasteiger partial charge in [0.1, 0.15) is 11.6 Å². The van der Waals surface area contributed by atoms with Crippen molar-refractivity contribution in [3.63, 3.8) is 0 Å². The molecule has 7 nitrogen and oxygen atoms in total. The topological polar surface area (TPSA) is 90.3 Å². The highest BCUT2D eigenvalue weighted by atomic mass is 32.2. The second-order valence-corrected chi connectivity index (χ2v) is 10.1. The molecule has 2 heterocycles. The molecule has 1 aromatic heterocycles. The van der Waals surface area contributed by atoms with Gasteiger partial charge in [-0.25, -0.2) is 13.1 Å². The van der Waals surface area contributed by atoms with Crippen LogP contribution in [-0.4, -0.2) is 30.2 Å². The first-order valence-electron chi connectivity index (χ1n) is 10.1. The first-order chi connectivity index (χ1) is 14.6. The molecule has 0 aliphatic carbocycles. The highest BCUT2D eigenvalue weighted by Crippen LogP contribution is 2.34. The van der Waals surface area contributed by atoms with Gasteiger partial charge < -0.3 is 10.1 Å². The van der Waals surface area contributed by atoms with E-state index in [2.05, 4.69) is 10.4 Å². The molecule has 0 saturated carbocycles. The van der Waals surface area contributed by atoms with Gasteiger partial charge in [-0.3, -0.25) is 4.79 Å². The summed E-state index contributed by atoms with van der Waals surface area (Å²) in [5.41, 5.74) is 4.38. The molecule has 2 aromatic carbocycles. The predicted molar refractivity (Wildman–Crippen MR) is 120 cm³/mol. The molecule has 4 rings (SSSR count). The van der Waals surface area contributed by atoms with E-state index in [1.165, 1.54) is 0 Å². The molecule has 0 spiro atoms. The lowest BCUT2D eigenvalue weighted by Crippen LogP contribution is -2.17. The van der Waals surface area contributed by atoms with Crippen LogP contribution in [0.5, 0.6) is 5.75 Å². The third kappa shape index (κ3) is 4.20. The monoisotopic (exact) mass is 439 g/mol. The number of nitrogens with one attached hydrogen (secondary N) is 1. The molecule has 0 saturated heterocycles. The van der Waals surface area contributed by atoms with Crippen molar-refractivity contribution >= 4 is 21.6 Å². The smallest absolute Gasteiger partial charge is 0.256 e. The number of hydrogen-bond donors (Lipinski definition) is 1. The summed E-state index contributed by atoms with van der Waals surface area (Å²) in [6, 6.07) is 12.7. The van der Waals surface area contributed by atoms with Crippen LogP contribution in [0.1, 0.15) is 46.6 Å². The number of carbonyl (C=O) groups is 1. The van der Waals surface area contributed by atoms with E-state index in [1.807, 2.05) is 45.9 Å². The third-order valence-corrected chi connectivity index (χ3v) is 6.75. The molecule has 31 heavy (non-hydrogen) atoms. The van der Waals surface area contributed by atoms with Gasteiger partial charge in [-0.1, -0.05) is 12.1 Å². The second kappa shape index (κ2) is 7.85. The van der Waals surface area contributed by atoms with Crippen LogP contribution < -0.4 is 10.1 Å². The van der Waals surface area contributed by atoms with E-state index in [1.54, 1.807) is 28.9 Å². The van der Waals surface area contributed by atoms with Gasteiger partial charge in [-0.2, -0.15) is 5.10 Å². The van der Waals surface area contributed by atoms with Crippen LogP contribution in [0.2, 0.25) is 0 Å². The molecule has 0 fully saturated rings. The van der Waals surface area contributed by atoms with Crippen LogP contribution in [0.15, 0.2) is 42.5 Å². The predicted octanol–water partition coefficient (Wildman–Crippen LogP) is 3.96. The summed E-state index contributed by atoms with van der Waals surface area (Å²) in [4.78, 5) is 13.0. The Hall–Kier alpha value is -3.13. The number of aromatic nitrogens is 2. The zero-order valence-electron chi connectivity index (χ0n) is 18.0. The molecule has 8 heteroatoms. The Bertz CT molecular complexity index is 1260. The molecule has 0 bridgehead atoms. The molecule has 0 radical (unpaired) electrons. The van der Waals surface area contributed by atoms with Crippen LogP contribution in [0.3, 0.4) is 0 Å². The van der Waals surface area contributed by atoms with E-state index in [4.69, 9.17) is 4.74 Å². The van der Waals surface area contributed by atoms with Crippen molar-refractivity contribution in [1.29, 1.82) is 0 Å². The average Bonchev–Trinajstić information content (AvgIpc) is 3.16. The number of nitrogens with zero attached hydrogens (tertiary/aromatic N) is 2. The Morgan fingerprint density at radius 1 is 1.10 bits per heavy atom. The molecular formula is C23H25N3O4S. The molecule has 0 unspecified atom stereocenters. The van der Waals surface area contributed by atoms with Crippen molar-refractivity contribution in [2.45, 2.75) is 45.3 Å². The van der Waals surface area contributed by atoms with Gasteiger partial charge >= 0.3 is 0 Å². The van der Waals surface area contributed by atoms with E-state index in [-0.39, 0.29) is 23.5 Å². The Morgan fingerprint density at radius 3 is 2.48 bits per heavy atom. The minimum Gasteiger partial charge on any atom is -0.491 e. The van der Waals surface area contributed by atoms with Crippen LogP contribution in [0, 0.1) is 13.8 Å². The minimum absolute atomic E-state index is 0.0381. The first kappa shape index (κ1) is 21.1. The summed E-state index contributed by atoms with van der Waals surface area (Å²) in [7, 11) is -3.26. The Kier molecular flexibility index (Phi) is 5.35. The number of hydrogen-bond acceptors (Lipinski definition) is 5. The van der Waals surface area contributed by atoms with Gasteiger partial charge in [-0.05, 0) is 69.2 Å². The Labute approximate surface area is 182 Å². The lowest BCUT2D eigenvalue weighted by Gasteiger charge is -2.14. The highest BCUT2D eigenvalue weighted by molar-refractivity contribution is 7.90. The lowest BCUT2D eigenvalue weighted by atomic mass is 10.1. The van der Waals surface area contributed by atoms with Gasteiger partial charge in [0.05, 0.1) is 29.0 Å². The van der Waals surface area contributed by atoms with Crippen molar-refractivity contribution in [2.24, 2.45) is 0 Å². The Morgan fingerprint density at radius 2 is 1.81 bits per heavy atom. The zero-order valence-corrected chi connectivity index (χ0v) is 18.8. The maximum atomic E-state index is 13.0. The number of amides is 1. The normalized spacial score (nSPS) is 14.5. The molecule has 1 aliphatic rings. The van der Waals surface area contributed by atoms with Crippen LogP contribution in [-0.2, 0) is 21.3 Å². The first-order valence-corrected chi connectivity index (χ1v) is 11.9. The summed E-state index contributed by atoms with van der Waals surface area (Å²) in [5.74, 6) is 0.486. The Balaban J connectivity index is 1.72. The average molecular weight is 440 g/mol. The van der Waals surface area contributed by atoms with E-state index in [9.17, 15) is 13.2 Å². The standard InChI is InChI=1S/C23H25N3O4S/c1-14(2)30-18-10-8-17(9-11-18)23(27)24-22-19-12-31(28,29)13-20(19)25-26(22)21-7-5-6-15(3)16(21)4/h5-11,14H,12-13H2,1-4H3,(H,24,27). The van der Waals surface area contributed by atoms with Crippen molar-refractivity contribution in [3.05, 3.63) is 70.4 Å². The highest BCUT2D eigenvalue weighted by Gasteiger charge is 2.33. The van der Waals surface area contributed by atoms with E-state index < -0.39 is 9.84 Å². The number of ether oxygens (including phenoxy) is 1. The molecule has 1 amide bonds. The fourth-order valence-corrected chi connectivity index (χ4v) is 5.14. The quantitative estimate of drug-likeness (QED) is 0.650. The molecule has 162 valence electrons. The van der Waals surface area contributed by atoms with Gasteiger partial charge in [-0.15, -0.1) is 0 Å². The van der Waals surface area contributed by atoms with Crippen LogP contribution >= 0.6 is 0 Å².